The van der Waals surface area contributed by atoms with Crippen LogP contribution in [0.2, 0.25) is 5.15 Å². The van der Waals surface area contributed by atoms with Crippen molar-refractivity contribution < 1.29 is 0 Å². The van der Waals surface area contributed by atoms with E-state index >= 15 is 0 Å². The van der Waals surface area contributed by atoms with Crippen molar-refractivity contribution in [2.75, 3.05) is 0 Å². The van der Waals surface area contributed by atoms with Gasteiger partial charge in [-0.3, -0.25) is 5.10 Å². The Balaban J connectivity index is 2.28. The molecule has 0 aliphatic heterocycles. The van der Waals surface area contributed by atoms with Crippen molar-refractivity contribution in [3.05, 3.63) is 22.9 Å². The molecule has 2 aromatic heterocycles. The maximum Gasteiger partial charge on any atom is 0.214 e. The Morgan fingerprint density at radius 3 is 2.80 bits per heavy atom. The van der Waals surface area contributed by atoms with Gasteiger partial charge in [-0.2, -0.15) is 0 Å². The van der Waals surface area contributed by atoms with Gasteiger partial charge < -0.3 is 0 Å². The number of aromatic nitrogens is 5. The number of halogens is 1. The summed E-state index contributed by atoms with van der Waals surface area (Å²) in [5.74, 6) is 0.773. The number of rotatable bonds is 2. The van der Waals surface area contributed by atoms with E-state index in [1.807, 2.05) is 13.8 Å². The molecule has 2 aromatic rings. The Hall–Kier alpha value is -1.14. The van der Waals surface area contributed by atoms with Crippen LogP contribution in [0.25, 0.3) is 0 Å². The highest BCUT2D eigenvalue weighted by molar-refractivity contribution is 7.99. The summed E-state index contributed by atoms with van der Waals surface area (Å²) in [6.07, 6.45) is 1.43. The quantitative estimate of drug-likeness (QED) is 0.815. The molecule has 0 atom stereocenters. The second-order valence-corrected chi connectivity index (χ2v) is 4.21. The van der Waals surface area contributed by atoms with E-state index in [4.69, 9.17) is 11.6 Å². The van der Waals surface area contributed by atoms with Crippen LogP contribution < -0.4 is 0 Å². The van der Waals surface area contributed by atoms with Gasteiger partial charge in [0.25, 0.3) is 0 Å². The molecule has 0 saturated carbocycles. The molecule has 0 saturated heterocycles. The molecule has 7 heteroatoms. The first-order valence-electron chi connectivity index (χ1n) is 4.21. The molecule has 2 rings (SSSR count). The minimum atomic E-state index is 0.458. The maximum atomic E-state index is 5.87. The SMILES string of the molecule is Cc1nc(Sc2ncnc(Cl)c2C)n[nH]1. The summed E-state index contributed by atoms with van der Waals surface area (Å²) in [6, 6.07) is 0. The third-order valence-electron chi connectivity index (χ3n) is 1.74. The zero-order valence-corrected chi connectivity index (χ0v) is 9.72. The summed E-state index contributed by atoms with van der Waals surface area (Å²) >= 11 is 7.23. The van der Waals surface area contributed by atoms with Gasteiger partial charge in [-0.1, -0.05) is 11.6 Å². The van der Waals surface area contributed by atoms with Gasteiger partial charge in [0.05, 0.1) is 0 Å². The normalized spacial score (nSPS) is 10.6. The predicted octanol–water partition coefficient (Wildman–Crippen LogP) is 2.02. The first kappa shape index (κ1) is 10.4. The molecule has 0 fully saturated rings. The van der Waals surface area contributed by atoms with Crippen LogP contribution in [0, 0.1) is 13.8 Å². The lowest BCUT2D eigenvalue weighted by Crippen LogP contribution is -1.90. The molecule has 0 aliphatic carbocycles. The maximum absolute atomic E-state index is 5.87. The van der Waals surface area contributed by atoms with Crippen molar-refractivity contribution in [3.8, 4) is 0 Å². The Morgan fingerprint density at radius 2 is 2.13 bits per heavy atom. The minimum Gasteiger partial charge on any atom is -0.262 e. The molecule has 0 amide bonds. The van der Waals surface area contributed by atoms with Crippen LogP contribution in [0.3, 0.4) is 0 Å². The summed E-state index contributed by atoms with van der Waals surface area (Å²) in [7, 11) is 0. The van der Waals surface area contributed by atoms with Crippen molar-refractivity contribution in [2.24, 2.45) is 0 Å². The van der Waals surface area contributed by atoms with Crippen LogP contribution in [0.4, 0.5) is 0 Å². The van der Waals surface area contributed by atoms with E-state index in [0.717, 1.165) is 16.4 Å². The Morgan fingerprint density at radius 1 is 1.33 bits per heavy atom. The first-order valence-corrected chi connectivity index (χ1v) is 5.40. The lowest BCUT2D eigenvalue weighted by atomic mass is 10.4. The largest absolute Gasteiger partial charge is 0.262 e. The van der Waals surface area contributed by atoms with Crippen LogP contribution >= 0.6 is 23.4 Å². The third kappa shape index (κ3) is 2.27. The lowest BCUT2D eigenvalue weighted by molar-refractivity contribution is 0.952. The monoisotopic (exact) mass is 241 g/mol. The van der Waals surface area contributed by atoms with Crippen LogP contribution in [0.5, 0.6) is 0 Å². The van der Waals surface area contributed by atoms with Crippen molar-refractivity contribution in [2.45, 2.75) is 24.0 Å². The molecule has 0 unspecified atom stereocenters. The number of aryl methyl sites for hydroxylation is 1. The van der Waals surface area contributed by atoms with Crippen LogP contribution in [0.15, 0.2) is 16.5 Å². The molecule has 0 aliphatic rings. The summed E-state index contributed by atoms with van der Waals surface area (Å²) in [6.45, 7) is 3.71. The van der Waals surface area contributed by atoms with Gasteiger partial charge in [0.1, 0.15) is 22.3 Å². The van der Waals surface area contributed by atoms with E-state index < -0.39 is 0 Å². The zero-order valence-electron chi connectivity index (χ0n) is 8.15. The predicted molar refractivity (Wildman–Crippen MR) is 57.0 cm³/mol. The Labute approximate surface area is 95.7 Å². The number of nitrogens with zero attached hydrogens (tertiary/aromatic N) is 4. The lowest BCUT2D eigenvalue weighted by Gasteiger charge is -2.01. The minimum absolute atomic E-state index is 0.458. The number of hydrogen-bond acceptors (Lipinski definition) is 5. The van der Waals surface area contributed by atoms with E-state index in [1.54, 1.807) is 0 Å². The van der Waals surface area contributed by atoms with Gasteiger partial charge in [0.2, 0.25) is 5.16 Å². The fourth-order valence-corrected chi connectivity index (χ4v) is 1.96. The molecule has 0 aromatic carbocycles. The standard InChI is InChI=1S/C8H8ClN5S/c1-4-6(9)10-3-11-7(4)15-8-12-5(2)13-14-8/h3H,1-2H3,(H,12,13,14). The van der Waals surface area contributed by atoms with Crippen LogP contribution in [-0.2, 0) is 0 Å². The number of aromatic amines is 1. The highest BCUT2D eigenvalue weighted by atomic mass is 35.5. The molecule has 1 N–H and O–H groups in total. The van der Waals surface area contributed by atoms with E-state index in [-0.39, 0.29) is 0 Å². The average molecular weight is 242 g/mol. The third-order valence-corrected chi connectivity index (χ3v) is 3.09. The molecule has 78 valence electrons. The molecule has 2 heterocycles. The van der Waals surface area contributed by atoms with E-state index in [9.17, 15) is 0 Å². The molecule has 0 radical (unpaired) electrons. The van der Waals surface area contributed by atoms with Gasteiger partial charge >= 0.3 is 0 Å². The number of nitrogens with one attached hydrogen (secondary N) is 1. The topological polar surface area (TPSA) is 67.3 Å². The molecule has 0 bridgehead atoms. The fourth-order valence-electron chi connectivity index (χ4n) is 0.971. The van der Waals surface area contributed by atoms with Gasteiger partial charge in [0, 0.05) is 5.56 Å². The number of hydrogen-bond donors (Lipinski definition) is 1. The highest BCUT2D eigenvalue weighted by Crippen LogP contribution is 2.27. The highest BCUT2D eigenvalue weighted by Gasteiger charge is 2.09. The van der Waals surface area contributed by atoms with Crippen molar-refractivity contribution in [1.82, 2.24) is 25.1 Å². The van der Waals surface area contributed by atoms with Crippen LogP contribution in [0.1, 0.15) is 11.4 Å². The zero-order chi connectivity index (χ0) is 10.8. The molecular formula is C8H8ClN5S. The number of H-pyrrole nitrogens is 1. The van der Waals surface area contributed by atoms with E-state index in [0.29, 0.717) is 10.3 Å². The Bertz CT molecular complexity index is 484. The van der Waals surface area contributed by atoms with Gasteiger partial charge in [0.15, 0.2) is 0 Å². The second kappa shape index (κ2) is 4.16. The van der Waals surface area contributed by atoms with E-state index in [2.05, 4.69) is 25.1 Å². The van der Waals surface area contributed by atoms with Gasteiger partial charge in [-0.05, 0) is 25.6 Å². The molecule has 0 spiro atoms. The fraction of sp³-hybridized carbons (Fsp3) is 0.250. The summed E-state index contributed by atoms with van der Waals surface area (Å²) < 4.78 is 0. The second-order valence-electron chi connectivity index (χ2n) is 2.90. The molecular weight excluding hydrogens is 234 g/mol. The van der Waals surface area contributed by atoms with Gasteiger partial charge in [-0.15, -0.1) is 5.10 Å². The average Bonchev–Trinajstić information content (AvgIpc) is 2.59. The smallest absolute Gasteiger partial charge is 0.214 e. The summed E-state index contributed by atoms with van der Waals surface area (Å²) in [4.78, 5) is 12.2. The molecule has 15 heavy (non-hydrogen) atoms. The van der Waals surface area contributed by atoms with E-state index in [1.165, 1.54) is 18.1 Å². The summed E-state index contributed by atoms with van der Waals surface area (Å²) in [5.41, 5.74) is 0.839. The Kier molecular flexibility index (Phi) is 2.88. The van der Waals surface area contributed by atoms with Crippen LogP contribution in [-0.4, -0.2) is 25.1 Å². The first-order chi connectivity index (χ1) is 7.16. The summed E-state index contributed by atoms with van der Waals surface area (Å²) in [5, 5.41) is 8.63. The van der Waals surface area contributed by atoms with Crippen molar-refractivity contribution in [3.63, 3.8) is 0 Å². The molecule has 5 nitrogen and oxygen atoms in total. The van der Waals surface area contributed by atoms with Crippen molar-refractivity contribution >= 4 is 23.4 Å². The van der Waals surface area contributed by atoms with Gasteiger partial charge in [-0.25, -0.2) is 15.0 Å². The van der Waals surface area contributed by atoms with Crippen molar-refractivity contribution in [1.29, 1.82) is 0 Å².